The SMILES string of the molecule is CN[C@H](C)CC/C=C(\C)F. The monoisotopic (exact) mass is 145 g/mol. The molecule has 0 aromatic heterocycles. The van der Waals surface area contributed by atoms with Crippen LogP contribution in [0.1, 0.15) is 26.7 Å². The van der Waals surface area contributed by atoms with Crippen LogP contribution in [-0.2, 0) is 0 Å². The van der Waals surface area contributed by atoms with E-state index in [0.717, 1.165) is 12.8 Å². The lowest BCUT2D eigenvalue weighted by Gasteiger charge is -2.06. The topological polar surface area (TPSA) is 12.0 Å². The summed E-state index contributed by atoms with van der Waals surface area (Å²) in [6.45, 7) is 3.56. The fraction of sp³-hybridized carbons (Fsp3) is 0.750. The highest BCUT2D eigenvalue weighted by molar-refractivity contribution is 4.86. The Kier molecular flexibility index (Phi) is 5.22. The minimum absolute atomic E-state index is 0.0803. The summed E-state index contributed by atoms with van der Waals surface area (Å²) < 4.78 is 12.1. The predicted molar refractivity (Wildman–Crippen MR) is 42.6 cm³/mol. The van der Waals surface area contributed by atoms with Gasteiger partial charge in [-0.05, 0) is 33.7 Å². The van der Waals surface area contributed by atoms with Crippen molar-refractivity contribution in [3.05, 3.63) is 11.9 Å². The second kappa shape index (κ2) is 5.42. The summed E-state index contributed by atoms with van der Waals surface area (Å²) in [6.07, 6.45) is 3.44. The molecule has 0 heterocycles. The molecule has 0 saturated carbocycles. The van der Waals surface area contributed by atoms with Gasteiger partial charge in [0.05, 0.1) is 5.83 Å². The van der Waals surface area contributed by atoms with E-state index < -0.39 is 0 Å². The van der Waals surface area contributed by atoms with Gasteiger partial charge in [0, 0.05) is 6.04 Å². The molecule has 0 rings (SSSR count). The van der Waals surface area contributed by atoms with Gasteiger partial charge in [0.1, 0.15) is 0 Å². The summed E-state index contributed by atoms with van der Waals surface area (Å²) in [5.74, 6) is -0.0803. The number of halogens is 1. The fourth-order valence-electron chi connectivity index (χ4n) is 0.677. The molecule has 0 bridgehead atoms. The van der Waals surface area contributed by atoms with Crippen molar-refractivity contribution in [3.63, 3.8) is 0 Å². The van der Waals surface area contributed by atoms with Gasteiger partial charge in [-0.1, -0.05) is 6.08 Å². The van der Waals surface area contributed by atoms with Gasteiger partial charge in [-0.2, -0.15) is 0 Å². The zero-order valence-electron chi connectivity index (χ0n) is 6.95. The number of hydrogen-bond acceptors (Lipinski definition) is 1. The minimum atomic E-state index is -0.0803. The van der Waals surface area contributed by atoms with Gasteiger partial charge >= 0.3 is 0 Å². The first kappa shape index (κ1) is 9.63. The van der Waals surface area contributed by atoms with E-state index in [0.29, 0.717) is 6.04 Å². The zero-order valence-corrected chi connectivity index (χ0v) is 6.95. The van der Waals surface area contributed by atoms with Gasteiger partial charge in [0.15, 0.2) is 0 Å². The molecule has 0 radical (unpaired) electrons. The second-order valence-corrected chi connectivity index (χ2v) is 2.56. The third-order valence-corrected chi connectivity index (χ3v) is 1.52. The maximum absolute atomic E-state index is 12.1. The van der Waals surface area contributed by atoms with Gasteiger partial charge < -0.3 is 5.32 Å². The molecule has 0 amide bonds. The van der Waals surface area contributed by atoms with E-state index in [4.69, 9.17) is 0 Å². The molecule has 10 heavy (non-hydrogen) atoms. The molecule has 0 fully saturated rings. The molecular formula is C8H16FN. The van der Waals surface area contributed by atoms with Crippen LogP contribution in [0.5, 0.6) is 0 Å². The van der Waals surface area contributed by atoms with Crippen molar-refractivity contribution in [1.29, 1.82) is 0 Å². The average molecular weight is 145 g/mol. The van der Waals surface area contributed by atoms with Crippen molar-refractivity contribution in [1.82, 2.24) is 5.32 Å². The van der Waals surface area contributed by atoms with E-state index in [1.807, 2.05) is 7.05 Å². The first-order chi connectivity index (χ1) is 4.66. The third kappa shape index (κ3) is 5.76. The van der Waals surface area contributed by atoms with Crippen LogP contribution in [0, 0.1) is 0 Å². The van der Waals surface area contributed by atoms with E-state index in [1.54, 1.807) is 6.08 Å². The van der Waals surface area contributed by atoms with Crippen LogP contribution in [0.4, 0.5) is 4.39 Å². The normalized spacial score (nSPS) is 15.4. The van der Waals surface area contributed by atoms with Gasteiger partial charge in [-0.15, -0.1) is 0 Å². The van der Waals surface area contributed by atoms with Gasteiger partial charge in [-0.25, -0.2) is 4.39 Å². The van der Waals surface area contributed by atoms with Crippen molar-refractivity contribution in [2.24, 2.45) is 0 Å². The molecule has 0 aliphatic rings. The molecule has 2 heteroatoms. The summed E-state index contributed by atoms with van der Waals surface area (Å²) >= 11 is 0. The lowest BCUT2D eigenvalue weighted by molar-refractivity contribution is 0.562. The van der Waals surface area contributed by atoms with E-state index in [2.05, 4.69) is 12.2 Å². The maximum atomic E-state index is 12.1. The van der Waals surface area contributed by atoms with Crippen molar-refractivity contribution < 1.29 is 4.39 Å². The highest BCUT2D eigenvalue weighted by Gasteiger charge is 1.94. The fourth-order valence-corrected chi connectivity index (χ4v) is 0.677. The average Bonchev–Trinajstić information content (AvgIpc) is 1.87. The molecule has 0 spiro atoms. The second-order valence-electron chi connectivity index (χ2n) is 2.56. The Balaban J connectivity index is 3.28. The summed E-state index contributed by atoms with van der Waals surface area (Å²) in [5, 5.41) is 3.09. The smallest absolute Gasteiger partial charge is 0.0928 e. The summed E-state index contributed by atoms with van der Waals surface area (Å²) in [7, 11) is 1.91. The molecule has 0 aromatic rings. The molecule has 60 valence electrons. The van der Waals surface area contributed by atoms with Crippen molar-refractivity contribution in [2.75, 3.05) is 7.05 Å². The standard InChI is InChI=1S/C8H16FN/c1-7(9)5-4-6-8(2)10-3/h5,8,10H,4,6H2,1-3H3/b7-5+/t8-/m1/s1. The van der Waals surface area contributed by atoms with E-state index in [-0.39, 0.29) is 5.83 Å². The Hall–Kier alpha value is -0.370. The Morgan fingerprint density at radius 1 is 1.70 bits per heavy atom. The van der Waals surface area contributed by atoms with Crippen molar-refractivity contribution in [3.8, 4) is 0 Å². The Bertz CT molecular complexity index is 106. The van der Waals surface area contributed by atoms with Gasteiger partial charge in [-0.3, -0.25) is 0 Å². The van der Waals surface area contributed by atoms with Crippen LogP contribution in [0.25, 0.3) is 0 Å². The lowest BCUT2D eigenvalue weighted by Crippen LogP contribution is -2.20. The van der Waals surface area contributed by atoms with Gasteiger partial charge in [0.2, 0.25) is 0 Å². The highest BCUT2D eigenvalue weighted by Crippen LogP contribution is 2.01. The molecule has 1 nitrogen and oxygen atoms in total. The Labute approximate surface area is 62.3 Å². The van der Waals surface area contributed by atoms with Crippen molar-refractivity contribution >= 4 is 0 Å². The van der Waals surface area contributed by atoms with E-state index >= 15 is 0 Å². The number of rotatable bonds is 4. The first-order valence-electron chi connectivity index (χ1n) is 3.66. The largest absolute Gasteiger partial charge is 0.317 e. The lowest BCUT2D eigenvalue weighted by atomic mass is 10.2. The van der Waals surface area contributed by atoms with E-state index in [1.165, 1.54) is 6.92 Å². The van der Waals surface area contributed by atoms with Crippen LogP contribution in [0.15, 0.2) is 11.9 Å². The molecule has 0 aliphatic carbocycles. The third-order valence-electron chi connectivity index (χ3n) is 1.52. The predicted octanol–water partition coefficient (Wildman–Crippen LogP) is 2.25. The molecule has 1 atom stereocenters. The highest BCUT2D eigenvalue weighted by atomic mass is 19.1. The first-order valence-corrected chi connectivity index (χ1v) is 3.66. The summed E-state index contributed by atoms with van der Waals surface area (Å²) in [6, 6.07) is 0.482. The molecule has 0 aliphatic heterocycles. The molecule has 0 unspecified atom stereocenters. The molecule has 1 N–H and O–H groups in total. The zero-order chi connectivity index (χ0) is 7.98. The Morgan fingerprint density at radius 2 is 2.30 bits per heavy atom. The Morgan fingerprint density at radius 3 is 2.70 bits per heavy atom. The minimum Gasteiger partial charge on any atom is -0.317 e. The van der Waals surface area contributed by atoms with E-state index in [9.17, 15) is 4.39 Å². The van der Waals surface area contributed by atoms with Crippen LogP contribution >= 0.6 is 0 Å². The quantitative estimate of drug-likeness (QED) is 0.639. The molecule has 0 saturated heterocycles. The number of allylic oxidation sites excluding steroid dienone is 2. The van der Waals surface area contributed by atoms with Crippen LogP contribution < -0.4 is 5.32 Å². The molecular weight excluding hydrogens is 129 g/mol. The van der Waals surface area contributed by atoms with Crippen LogP contribution in [-0.4, -0.2) is 13.1 Å². The van der Waals surface area contributed by atoms with Crippen LogP contribution in [0.2, 0.25) is 0 Å². The molecule has 0 aromatic carbocycles. The maximum Gasteiger partial charge on any atom is 0.0928 e. The van der Waals surface area contributed by atoms with Gasteiger partial charge in [0.25, 0.3) is 0 Å². The van der Waals surface area contributed by atoms with Crippen molar-refractivity contribution in [2.45, 2.75) is 32.7 Å². The van der Waals surface area contributed by atoms with Crippen LogP contribution in [0.3, 0.4) is 0 Å². The summed E-state index contributed by atoms with van der Waals surface area (Å²) in [5.41, 5.74) is 0. The number of nitrogens with one attached hydrogen (secondary N) is 1. The number of hydrogen-bond donors (Lipinski definition) is 1. The summed E-state index contributed by atoms with van der Waals surface area (Å²) in [4.78, 5) is 0.